The maximum absolute atomic E-state index is 12.9. The van der Waals surface area contributed by atoms with E-state index >= 15 is 0 Å². The molecule has 0 aliphatic heterocycles. The zero-order chi connectivity index (χ0) is 14.6. The average Bonchev–Trinajstić information content (AvgIpc) is 2.30. The largest absolute Gasteiger partial charge is 0.480 e. The first kappa shape index (κ1) is 15.4. The van der Waals surface area contributed by atoms with Gasteiger partial charge in [0.25, 0.3) is 0 Å². The molecule has 0 bridgehead atoms. The molecule has 19 heavy (non-hydrogen) atoms. The van der Waals surface area contributed by atoms with Crippen molar-refractivity contribution in [2.75, 3.05) is 5.75 Å². The van der Waals surface area contributed by atoms with Crippen molar-refractivity contribution in [3.05, 3.63) is 29.8 Å². The van der Waals surface area contributed by atoms with Gasteiger partial charge in [-0.05, 0) is 32.0 Å². The number of benzene rings is 1. The Bertz CT molecular complexity index is 506. The van der Waals surface area contributed by atoms with Gasteiger partial charge in [-0.1, -0.05) is 0 Å². The second-order valence-corrected chi connectivity index (χ2v) is 5.39. The van der Waals surface area contributed by atoms with Gasteiger partial charge in [0, 0.05) is 4.90 Å². The molecule has 7 heteroatoms. The molecular formula is C12H13F2NO3S. The SMILES string of the molecule is CC(C)(NC(=O)CSc1ccc(F)c(F)c1)C(=O)O. The predicted octanol–water partition coefficient (Wildman–Crippen LogP) is 2.04. The quantitative estimate of drug-likeness (QED) is 0.814. The van der Waals surface area contributed by atoms with Crippen LogP contribution in [0.3, 0.4) is 0 Å². The Morgan fingerprint density at radius 2 is 1.95 bits per heavy atom. The van der Waals surface area contributed by atoms with Crippen LogP contribution in [-0.4, -0.2) is 28.3 Å². The third-order valence-corrected chi connectivity index (χ3v) is 3.24. The molecule has 0 fully saturated rings. The van der Waals surface area contributed by atoms with Crippen molar-refractivity contribution in [3.63, 3.8) is 0 Å². The van der Waals surface area contributed by atoms with Gasteiger partial charge >= 0.3 is 5.97 Å². The molecule has 2 N–H and O–H groups in total. The van der Waals surface area contributed by atoms with Crippen LogP contribution in [0.25, 0.3) is 0 Å². The number of carboxylic acids is 1. The first-order chi connectivity index (χ1) is 8.72. The minimum Gasteiger partial charge on any atom is -0.480 e. The van der Waals surface area contributed by atoms with Crippen LogP contribution >= 0.6 is 11.8 Å². The normalized spacial score (nSPS) is 11.2. The molecule has 0 aliphatic carbocycles. The summed E-state index contributed by atoms with van der Waals surface area (Å²) in [6.07, 6.45) is 0. The average molecular weight is 289 g/mol. The molecule has 0 radical (unpaired) electrons. The van der Waals surface area contributed by atoms with E-state index in [4.69, 9.17) is 5.11 Å². The van der Waals surface area contributed by atoms with Gasteiger partial charge < -0.3 is 10.4 Å². The molecule has 0 heterocycles. The number of halogens is 2. The summed E-state index contributed by atoms with van der Waals surface area (Å²) in [7, 11) is 0. The minimum absolute atomic E-state index is 0.0816. The van der Waals surface area contributed by atoms with E-state index < -0.39 is 29.0 Å². The first-order valence-electron chi connectivity index (χ1n) is 5.34. The lowest BCUT2D eigenvalue weighted by Crippen LogP contribution is -2.50. The van der Waals surface area contributed by atoms with Crippen LogP contribution in [0.5, 0.6) is 0 Å². The van der Waals surface area contributed by atoms with E-state index in [1.165, 1.54) is 19.9 Å². The van der Waals surface area contributed by atoms with E-state index in [1.54, 1.807) is 0 Å². The van der Waals surface area contributed by atoms with Gasteiger partial charge in [-0.2, -0.15) is 0 Å². The Morgan fingerprint density at radius 3 is 2.47 bits per heavy atom. The molecule has 0 aromatic heterocycles. The lowest BCUT2D eigenvalue weighted by molar-refractivity contribution is -0.145. The van der Waals surface area contributed by atoms with Crippen molar-refractivity contribution in [2.45, 2.75) is 24.3 Å². The van der Waals surface area contributed by atoms with Gasteiger partial charge in [-0.3, -0.25) is 4.79 Å². The van der Waals surface area contributed by atoms with E-state index in [1.807, 2.05) is 0 Å². The Balaban J connectivity index is 2.55. The summed E-state index contributed by atoms with van der Waals surface area (Å²) in [5, 5.41) is 11.2. The van der Waals surface area contributed by atoms with Crippen molar-refractivity contribution in [3.8, 4) is 0 Å². The first-order valence-corrected chi connectivity index (χ1v) is 6.33. The van der Waals surface area contributed by atoms with E-state index in [-0.39, 0.29) is 5.75 Å². The second kappa shape index (κ2) is 6.01. The highest BCUT2D eigenvalue weighted by molar-refractivity contribution is 8.00. The monoisotopic (exact) mass is 289 g/mol. The molecule has 1 rings (SSSR count). The summed E-state index contributed by atoms with van der Waals surface area (Å²) in [5.41, 5.74) is -1.37. The Hall–Kier alpha value is -1.63. The molecule has 1 amide bonds. The van der Waals surface area contributed by atoms with Crippen LogP contribution in [-0.2, 0) is 9.59 Å². The third-order valence-electron chi connectivity index (χ3n) is 2.25. The zero-order valence-corrected chi connectivity index (χ0v) is 11.2. The number of carboxylic acid groups (broad SMARTS) is 1. The molecule has 0 saturated carbocycles. The van der Waals surface area contributed by atoms with Crippen molar-refractivity contribution in [1.29, 1.82) is 0 Å². The molecule has 1 aromatic carbocycles. The number of nitrogens with one attached hydrogen (secondary N) is 1. The standard InChI is InChI=1S/C12H13F2NO3S/c1-12(2,11(17)18)15-10(16)6-19-7-3-4-8(13)9(14)5-7/h3-5H,6H2,1-2H3,(H,15,16)(H,17,18). The van der Waals surface area contributed by atoms with Crippen LogP contribution in [0, 0.1) is 11.6 Å². The summed E-state index contributed by atoms with van der Waals surface area (Å²) in [5.74, 6) is -3.68. The fraction of sp³-hybridized carbons (Fsp3) is 0.333. The number of aliphatic carboxylic acids is 1. The zero-order valence-electron chi connectivity index (χ0n) is 10.4. The van der Waals surface area contributed by atoms with Gasteiger partial charge in [0.05, 0.1) is 5.75 Å². The number of amides is 1. The molecule has 1 aromatic rings. The minimum atomic E-state index is -1.37. The summed E-state index contributed by atoms with van der Waals surface area (Å²) >= 11 is 0.992. The van der Waals surface area contributed by atoms with Gasteiger partial charge in [-0.25, -0.2) is 13.6 Å². The van der Waals surface area contributed by atoms with Crippen molar-refractivity contribution < 1.29 is 23.5 Å². The fourth-order valence-electron chi connectivity index (χ4n) is 1.15. The number of hydrogen-bond acceptors (Lipinski definition) is 3. The number of hydrogen-bond donors (Lipinski definition) is 2. The van der Waals surface area contributed by atoms with Crippen molar-refractivity contribution in [1.82, 2.24) is 5.32 Å². The molecule has 0 unspecified atom stereocenters. The van der Waals surface area contributed by atoms with Crippen molar-refractivity contribution in [2.24, 2.45) is 0 Å². The smallest absolute Gasteiger partial charge is 0.328 e. The Kier molecular flexibility index (Phi) is 4.88. The van der Waals surface area contributed by atoms with Gasteiger partial charge in [0.2, 0.25) is 5.91 Å². The third kappa shape index (κ3) is 4.51. The van der Waals surface area contributed by atoms with Gasteiger partial charge in [-0.15, -0.1) is 11.8 Å². The summed E-state index contributed by atoms with van der Waals surface area (Å²) < 4.78 is 25.6. The maximum Gasteiger partial charge on any atom is 0.328 e. The second-order valence-electron chi connectivity index (χ2n) is 4.34. The van der Waals surface area contributed by atoms with E-state index in [0.717, 1.165) is 23.9 Å². The Labute approximate surface area is 113 Å². The highest BCUT2D eigenvalue weighted by atomic mass is 32.2. The summed E-state index contributed by atoms with van der Waals surface area (Å²) in [6, 6.07) is 3.30. The van der Waals surface area contributed by atoms with Crippen molar-refractivity contribution >= 4 is 23.6 Å². The molecule has 0 aliphatic rings. The van der Waals surface area contributed by atoms with E-state index in [9.17, 15) is 18.4 Å². The number of carbonyl (C=O) groups excluding carboxylic acids is 1. The molecule has 0 saturated heterocycles. The lowest BCUT2D eigenvalue weighted by atomic mass is 10.1. The topological polar surface area (TPSA) is 66.4 Å². The summed E-state index contributed by atoms with van der Waals surface area (Å²) in [4.78, 5) is 22.7. The molecule has 0 atom stereocenters. The maximum atomic E-state index is 12.9. The fourth-order valence-corrected chi connectivity index (χ4v) is 1.87. The van der Waals surface area contributed by atoms with Crippen LogP contribution in [0.1, 0.15) is 13.8 Å². The highest BCUT2D eigenvalue weighted by Gasteiger charge is 2.28. The molecule has 104 valence electrons. The van der Waals surface area contributed by atoms with E-state index in [2.05, 4.69) is 5.32 Å². The van der Waals surface area contributed by atoms with Crippen LogP contribution in [0.2, 0.25) is 0 Å². The number of thioether (sulfide) groups is 1. The highest BCUT2D eigenvalue weighted by Crippen LogP contribution is 2.20. The van der Waals surface area contributed by atoms with Gasteiger partial charge in [0.1, 0.15) is 5.54 Å². The van der Waals surface area contributed by atoms with E-state index in [0.29, 0.717) is 4.90 Å². The van der Waals surface area contributed by atoms with Crippen LogP contribution in [0.15, 0.2) is 23.1 Å². The Morgan fingerprint density at radius 1 is 1.32 bits per heavy atom. The van der Waals surface area contributed by atoms with Crippen LogP contribution < -0.4 is 5.32 Å². The lowest BCUT2D eigenvalue weighted by Gasteiger charge is -2.20. The molecule has 0 spiro atoms. The predicted molar refractivity (Wildman–Crippen MR) is 66.9 cm³/mol. The van der Waals surface area contributed by atoms with Crippen LogP contribution in [0.4, 0.5) is 8.78 Å². The molecular weight excluding hydrogens is 276 g/mol. The number of rotatable bonds is 5. The summed E-state index contributed by atoms with van der Waals surface area (Å²) in [6.45, 7) is 2.71. The number of carbonyl (C=O) groups is 2. The molecule has 4 nitrogen and oxygen atoms in total. The van der Waals surface area contributed by atoms with Gasteiger partial charge in [0.15, 0.2) is 11.6 Å².